The smallest absolute Gasteiger partial charge is 0.185 e. The van der Waals surface area contributed by atoms with Crippen molar-refractivity contribution in [3.63, 3.8) is 0 Å². The fourth-order valence-electron chi connectivity index (χ4n) is 3.61. The summed E-state index contributed by atoms with van der Waals surface area (Å²) >= 11 is 0. The van der Waals surface area contributed by atoms with Crippen molar-refractivity contribution in [2.75, 3.05) is 6.54 Å². The Kier molecular flexibility index (Phi) is 4.70. The Morgan fingerprint density at radius 3 is 2.63 bits per heavy atom. The summed E-state index contributed by atoms with van der Waals surface area (Å²) in [5, 5.41) is 29.4. The molecule has 2 aromatic carbocycles. The first-order valence-corrected chi connectivity index (χ1v) is 9.59. The van der Waals surface area contributed by atoms with Gasteiger partial charge in [0.1, 0.15) is 0 Å². The van der Waals surface area contributed by atoms with E-state index in [0.717, 1.165) is 22.0 Å². The number of pyridine rings is 1. The fourth-order valence-corrected chi connectivity index (χ4v) is 3.61. The fraction of sp³-hybridized carbons (Fsp3) is 0.143. The van der Waals surface area contributed by atoms with Crippen LogP contribution in [0.5, 0.6) is 0 Å². The van der Waals surface area contributed by atoms with E-state index in [9.17, 15) is 0 Å². The maximum absolute atomic E-state index is 4.34. The van der Waals surface area contributed by atoms with E-state index in [2.05, 4.69) is 49.0 Å². The molecule has 9 heteroatoms. The molecule has 0 aliphatic carbocycles. The van der Waals surface area contributed by atoms with E-state index in [-0.39, 0.29) is 6.04 Å². The van der Waals surface area contributed by atoms with E-state index in [1.807, 2.05) is 54.6 Å². The molecule has 0 spiro atoms. The maximum Gasteiger partial charge on any atom is 0.185 e. The van der Waals surface area contributed by atoms with Crippen LogP contribution >= 0.6 is 0 Å². The van der Waals surface area contributed by atoms with Gasteiger partial charge in [-0.2, -0.15) is 4.52 Å². The Labute approximate surface area is 172 Å². The van der Waals surface area contributed by atoms with Gasteiger partial charge in [0.25, 0.3) is 0 Å². The van der Waals surface area contributed by atoms with Crippen molar-refractivity contribution in [1.29, 1.82) is 0 Å². The Morgan fingerprint density at radius 2 is 1.77 bits per heavy atom. The number of benzene rings is 2. The molecule has 1 N–H and O–H groups in total. The van der Waals surface area contributed by atoms with E-state index >= 15 is 0 Å². The van der Waals surface area contributed by atoms with Gasteiger partial charge >= 0.3 is 0 Å². The average molecular weight is 397 g/mol. The quantitative estimate of drug-likeness (QED) is 0.420. The zero-order chi connectivity index (χ0) is 20.3. The third kappa shape index (κ3) is 3.20. The first kappa shape index (κ1) is 18.1. The molecule has 0 radical (unpaired) electrons. The first-order chi connectivity index (χ1) is 14.8. The number of tetrazole rings is 2. The predicted molar refractivity (Wildman–Crippen MR) is 112 cm³/mol. The van der Waals surface area contributed by atoms with Crippen LogP contribution in [0.1, 0.15) is 23.0 Å². The van der Waals surface area contributed by atoms with Crippen LogP contribution in [-0.4, -0.2) is 46.8 Å². The highest BCUT2D eigenvalue weighted by Gasteiger charge is 2.25. The molecule has 5 aromatic rings. The molecule has 0 fully saturated rings. The van der Waals surface area contributed by atoms with Crippen molar-refractivity contribution >= 4 is 16.6 Å². The van der Waals surface area contributed by atoms with Crippen LogP contribution in [0.15, 0.2) is 73.3 Å². The second-order valence-electron chi connectivity index (χ2n) is 6.88. The molecule has 0 bridgehead atoms. The minimum absolute atomic E-state index is 0.320. The molecule has 9 nitrogen and oxygen atoms in total. The largest absolute Gasteiger partial charge is 0.300 e. The van der Waals surface area contributed by atoms with Gasteiger partial charge in [-0.25, -0.2) is 4.68 Å². The molecule has 1 atom stereocenters. The van der Waals surface area contributed by atoms with Crippen molar-refractivity contribution in [3.05, 3.63) is 90.3 Å². The second kappa shape index (κ2) is 7.80. The molecular weight excluding hydrogens is 378 g/mol. The Morgan fingerprint density at radius 1 is 0.967 bits per heavy atom. The Hall–Kier alpha value is -3.98. The van der Waals surface area contributed by atoms with Gasteiger partial charge in [-0.3, -0.25) is 5.32 Å². The van der Waals surface area contributed by atoms with Crippen LogP contribution < -0.4 is 5.32 Å². The monoisotopic (exact) mass is 397 g/mol. The van der Waals surface area contributed by atoms with Gasteiger partial charge in [0.05, 0.1) is 18.1 Å². The van der Waals surface area contributed by atoms with Gasteiger partial charge in [-0.15, -0.1) is 16.8 Å². The molecule has 0 saturated heterocycles. The third-order valence-corrected chi connectivity index (χ3v) is 4.97. The first-order valence-electron chi connectivity index (χ1n) is 9.59. The molecule has 3 heterocycles. The number of nitrogens with zero attached hydrogens (tertiary/aromatic N) is 8. The lowest BCUT2D eigenvalue weighted by Gasteiger charge is -2.19. The topological polar surface area (TPSA) is 98.7 Å². The van der Waals surface area contributed by atoms with Crippen LogP contribution in [0.25, 0.3) is 16.6 Å². The third-order valence-electron chi connectivity index (χ3n) is 4.97. The molecule has 1 unspecified atom stereocenters. The normalized spacial score (nSPS) is 12.4. The molecule has 5 rings (SSSR count). The standard InChI is InChI=1S/C21H19N9/c1-2-12-22-19(21-24-25-27-29(21)14-15-8-4-3-5-9-15)17-13-16-10-6-7-11-18(16)30-20(17)23-26-28-30/h2-11,13,19,22H,1,12,14H2. The molecular formula is C21H19N9. The van der Waals surface area contributed by atoms with Crippen molar-refractivity contribution in [1.82, 2.24) is 45.6 Å². The number of para-hydroxylation sites is 1. The lowest BCUT2D eigenvalue weighted by atomic mass is 10.0. The van der Waals surface area contributed by atoms with E-state index in [0.29, 0.717) is 24.6 Å². The summed E-state index contributed by atoms with van der Waals surface area (Å²) in [6.45, 7) is 4.97. The highest BCUT2D eigenvalue weighted by Crippen LogP contribution is 2.27. The zero-order valence-corrected chi connectivity index (χ0v) is 16.1. The van der Waals surface area contributed by atoms with E-state index in [4.69, 9.17) is 0 Å². The lowest BCUT2D eigenvalue weighted by molar-refractivity contribution is 0.547. The summed E-state index contributed by atoms with van der Waals surface area (Å²) in [6, 6.07) is 19.9. The number of fused-ring (bicyclic) bond motifs is 3. The molecule has 0 aliphatic rings. The van der Waals surface area contributed by atoms with Crippen molar-refractivity contribution in [2.45, 2.75) is 12.6 Å². The number of rotatable bonds is 7. The van der Waals surface area contributed by atoms with Gasteiger partial charge in [0.2, 0.25) is 0 Å². The number of hydrogen-bond acceptors (Lipinski definition) is 7. The molecule has 3 aromatic heterocycles. The molecule has 30 heavy (non-hydrogen) atoms. The Balaban J connectivity index is 1.65. The SMILES string of the molecule is C=CCNC(c1cc2ccccc2n2nnnc12)c1nnnn1Cc1ccccc1. The minimum atomic E-state index is -0.320. The highest BCUT2D eigenvalue weighted by molar-refractivity contribution is 5.83. The Bertz CT molecular complexity index is 1310. The van der Waals surface area contributed by atoms with Crippen molar-refractivity contribution in [3.8, 4) is 0 Å². The molecule has 0 aliphatic heterocycles. The number of aromatic nitrogens is 8. The number of nitrogens with one attached hydrogen (secondary N) is 1. The van der Waals surface area contributed by atoms with Gasteiger partial charge in [-0.1, -0.05) is 54.6 Å². The van der Waals surface area contributed by atoms with Crippen LogP contribution in [0, 0.1) is 0 Å². The van der Waals surface area contributed by atoms with E-state index in [1.165, 1.54) is 0 Å². The van der Waals surface area contributed by atoms with Crippen LogP contribution in [0.3, 0.4) is 0 Å². The summed E-state index contributed by atoms with van der Waals surface area (Å²) in [5.41, 5.74) is 3.60. The van der Waals surface area contributed by atoms with Gasteiger partial charge in [-0.05, 0) is 38.5 Å². The maximum atomic E-state index is 4.34. The summed E-state index contributed by atoms with van der Waals surface area (Å²) in [6.07, 6.45) is 1.80. The molecule has 0 amide bonds. The lowest BCUT2D eigenvalue weighted by Crippen LogP contribution is -2.27. The zero-order valence-electron chi connectivity index (χ0n) is 16.1. The van der Waals surface area contributed by atoms with Crippen molar-refractivity contribution < 1.29 is 0 Å². The van der Waals surface area contributed by atoms with Gasteiger partial charge < -0.3 is 0 Å². The average Bonchev–Trinajstić information content (AvgIpc) is 3.45. The van der Waals surface area contributed by atoms with Gasteiger partial charge in [0.15, 0.2) is 11.5 Å². The van der Waals surface area contributed by atoms with Crippen LogP contribution in [0.2, 0.25) is 0 Å². The van der Waals surface area contributed by atoms with E-state index in [1.54, 1.807) is 15.3 Å². The van der Waals surface area contributed by atoms with E-state index < -0.39 is 0 Å². The number of hydrogen-bond donors (Lipinski definition) is 1. The summed E-state index contributed by atoms with van der Waals surface area (Å²) in [5.74, 6) is 0.681. The second-order valence-corrected chi connectivity index (χ2v) is 6.88. The summed E-state index contributed by atoms with van der Waals surface area (Å²) < 4.78 is 3.55. The van der Waals surface area contributed by atoms with Gasteiger partial charge in [0, 0.05) is 17.5 Å². The van der Waals surface area contributed by atoms with Crippen molar-refractivity contribution in [2.24, 2.45) is 0 Å². The van der Waals surface area contributed by atoms with Crippen LogP contribution in [-0.2, 0) is 6.54 Å². The minimum Gasteiger partial charge on any atom is -0.300 e. The highest BCUT2D eigenvalue weighted by atomic mass is 15.5. The predicted octanol–water partition coefficient (Wildman–Crippen LogP) is 2.18. The molecule has 148 valence electrons. The summed E-state index contributed by atoms with van der Waals surface area (Å²) in [4.78, 5) is 0. The van der Waals surface area contributed by atoms with Crippen LogP contribution in [0.4, 0.5) is 0 Å². The molecule has 0 saturated carbocycles. The summed E-state index contributed by atoms with van der Waals surface area (Å²) in [7, 11) is 0.